The Labute approximate surface area is 201 Å². The number of fused-ring (bicyclic) bond motifs is 1. The van der Waals surface area contributed by atoms with Gasteiger partial charge >= 0.3 is 18.5 Å². The monoisotopic (exact) mass is 526 g/mol. The molecule has 36 heavy (non-hydrogen) atoms. The van der Waals surface area contributed by atoms with E-state index >= 15 is 0 Å². The average Bonchev–Trinajstić information content (AvgIpc) is 2.75. The minimum absolute atomic E-state index is 0.0187. The van der Waals surface area contributed by atoms with Gasteiger partial charge in [0.15, 0.2) is 0 Å². The van der Waals surface area contributed by atoms with Gasteiger partial charge in [-0.25, -0.2) is 0 Å². The largest absolute Gasteiger partial charge is 0.416 e. The normalized spacial score (nSPS) is 18.7. The van der Waals surface area contributed by atoms with Gasteiger partial charge in [0.05, 0.1) is 22.7 Å². The van der Waals surface area contributed by atoms with Gasteiger partial charge in [0.2, 0.25) is 5.91 Å². The average molecular weight is 526 g/mol. The van der Waals surface area contributed by atoms with Crippen LogP contribution in [0.15, 0.2) is 36.4 Å². The van der Waals surface area contributed by atoms with E-state index < -0.39 is 59.3 Å². The highest BCUT2D eigenvalue weighted by Crippen LogP contribution is 2.44. The second-order valence-corrected chi connectivity index (χ2v) is 8.76. The minimum Gasteiger partial charge on any atom is -0.371 e. The molecule has 0 unspecified atom stereocenters. The van der Waals surface area contributed by atoms with Gasteiger partial charge in [-0.2, -0.15) is 39.5 Å². The van der Waals surface area contributed by atoms with Gasteiger partial charge in [-0.15, -0.1) is 0 Å². The molecule has 1 amide bonds. The van der Waals surface area contributed by atoms with Gasteiger partial charge in [0.25, 0.3) is 0 Å². The van der Waals surface area contributed by atoms with Gasteiger partial charge in [-0.05, 0) is 60.4 Å². The van der Waals surface area contributed by atoms with Gasteiger partial charge < -0.3 is 9.80 Å². The second kappa shape index (κ2) is 9.51. The van der Waals surface area contributed by atoms with E-state index in [4.69, 9.17) is 0 Å². The van der Waals surface area contributed by atoms with Crippen molar-refractivity contribution < 1.29 is 44.3 Å². The van der Waals surface area contributed by atoms with Crippen LogP contribution < -0.4 is 4.90 Å². The number of hydrogen-bond donors (Lipinski definition) is 0. The van der Waals surface area contributed by atoms with E-state index in [-0.39, 0.29) is 24.1 Å². The number of anilines is 1. The van der Waals surface area contributed by atoms with Crippen LogP contribution in [0, 0.1) is 0 Å². The van der Waals surface area contributed by atoms with E-state index in [0.717, 1.165) is 24.0 Å². The molecule has 12 heteroatoms. The summed E-state index contributed by atoms with van der Waals surface area (Å²) in [7, 11) is 1.68. The first-order valence-electron chi connectivity index (χ1n) is 10.9. The summed E-state index contributed by atoms with van der Waals surface area (Å²) in [5.74, 6) is -0.700. The quantitative estimate of drug-likeness (QED) is 0.387. The number of hydrogen-bond acceptors (Lipinski definition) is 2. The van der Waals surface area contributed by atoms with E-state index in [1.165, 1.54) is 6.07 Å². The first kappa shape index (κ1) is 27.7. The first-order valence-corrected chi connectivity index (χ1v) is 10.9. The fourth-order valence-electron chi connectivity index (χ4n) is 4.54. The number of rotatable bonds is 4. The van der Waals surface area contributed by atoms with Gasteiger partial charge in [-0.1, -0.05) is 6.92 Å². The number of benzene rings is 2. The third-order valence-electron chi connectivity index (χ3n) is 6.39. The molecule has 0 bridgehead atoms. The van der Waals surface area contributed by atoms with E-state index in [9.17, 15) is 44.3 Å². The summed E-state index contributed by atoms with van der Waals surface area (Å²) >= 11 is 0. The molecule has 0 aromatic heterocycles. The van der Waals surface area contributed by atoms with Crippen molar-refractivity contribution in [2.75, 3.05) is 11.9 Å². The Morgan fingerprint density at radius 2 is 1.42 bits per heavy atom. The van der Waals surface area contributed by atoms with E-state index in [1.54, 1.807) is 11.9 Å². The molecule has 3 nitrogen and oxygen atoms in total. The summed E-state index contributed by atoms with van der Waals surface area (Å²) < 4.78 is 120. The zero-order valence-corrected chi connectivity index (χ0v) is 19.4. The third-order valence-corrected chi connectivity index (χ3v) is 6.39. The van der Waals surface area contributed by atoms with Gasteiger partial charge in [0.1, 0.15) is 0 Å². The molecule has 1 heterocycles. The number of alkyl halides is 9. The van der Waals surface area contributed by atoms with Crippen LogP contribution in [-0.2, 0) is 29.9 Å². The first-order chi connectivity index (χ1) is 16.4. The smallest absolute Gasteiger partial charge is 0.371 e. The molecule has 0 aliphatic carbocycles. The Morgan fingerprint density at radius 1 is 0.889 bits per heavy atom. The highest BCUT2D eigenvalue weighted by atomic mass is 19.4. The van der Waals surface area contributed by atoms with Crippen molar-refractivity contribution >= 4 is 11.6 Å². The maximum Gasteiger partial charge on any atom is 0.416 e. The molecule has 2 aromatic rings. The van der Waals surface area contributed by atoms with E-state index in [0.29, 0.717) is 24.2 Å². The Hall–Kier alpha value is -2.92. The lowest BCUT2D eigenvalue weighted by Crippen LogP contribution is -2.44. The lowest BCUT2D eigenvalue weighted by Gasteiger charge is -2.44. The molecule has 0 saturated carbocycles. The van der Waals surface area contributed by atoms with Crippen LogP contribution in [0.3, 0.4) is 0 Å². The predicted molar refractivity (Wildman–Crippen MR) is 114 cm³/mol. The lowest BCUT2D eigenvalue weighted by molar-refractivity contribution is -0.143. The van der Waals surface area contributed by atoms with Crippen LogP contribution in [-0.4, -0.2) is 23.9 Å². The summed E-state index contributed by atoms with van der Waals surface area (Å²) in [6.07, 6.45) is -14.2. The Morgan fingerprint density at radius 3 is 1.86 bits per heavy atom. The van der Waals surface area contributed by atoms with Crippen molar-refractivity contribution in [3.05, 3.63) is 64.2 Å². The zero-order chi connectivity index (χ0) is 27.2. The van der Waals surface area contributed by atoms with E-state index in [2.05, 4.69) is 0 Å². The van der Waals surface area contributed by atoms with Gasteiger partial charge in [0, 0.05) is 32.2 Å². The molecule has 0 saturated heterocycles. The molecule has 0 radical (unpaired) electrons. The van der Waals surface area contributed by atoms with E-state index in [1.807, 2.05) is 6.92 Å². The Balaban J connectivity index is 2.14. The number of amides is 1. The molecule has 2 aromatic carbocycles. The third kappa shape index (κ3) is 5.73. The topological polar surface area (TPSA) is 23.6 Å². The standard InChI is InChI=1S/C24H23F9N2O/c1-4-18-11-21(19-10-15(22(25,26)27)5-6-20(19)34(18)3)35(13(2)36)12-14-7-16(23(28,29)30)9-17(8-14)24(31,32)33/h5-10,18,21H,4,11-12H2,1-3H3/t18-,21+/m1/s1. The highest BCUT2D eigenvalue weighted by Gasteiger charge is 2.40. The van der Waals surface area contributed by atoms with Crippen molar-refractivity contribution in [3.63, 3.8) is 0 Å². The van der Waals surface area contributed by atoms with Crippen molar-refractivity contribution in [1.82, 2.24) is 4.90 Å². The Bertz CT molecular complexity index is 1090. The molecule has 0 spiro atoms. The van der Waals surface area contributed by atoms with Crippen molar-refractivity contribution in [2.24, 2.45) is 0 Å². The summed E-state index contributed by atoms with van der Waals surface area (Å²) in [4.78, 5) is 15.4. The van der Waals surface area contributed by atoms with Crippen molar-refractivity contribution in [1.29, 1.82) is 0 Å². The molecule has 1 aliphatic rings. The number of carbonyl (C=O) groups is 1. The summed E-state index contributed by atoms with van der Waals surface area (Å²) in [5.41, 5.74) is -3.97. The summed E-state index contributed by atoms with van der Waals surface area (Å²) in [6, 6.07) is 2.83. The SMILES string of the molecule is CC[C@@H]1C[C@H](N(Cc2cc(C(F)(F)F)cc(C(F)(F)F)c2)C(C)=O)c2cc(C(F)(F)F)ccc2N1C. The number of nitrogens with zero attached hydrogens (tertiary/aromatic N) is 2. The lowest BCUT2D eigenvalue weighted by atomic mass is 9.87. The molecular formula is C24H23F9N2O. The van der Waals surface area contributed by atoms with Gasteiger partial charge in [-0.3, -0.25) is 4.79 Å². The maximum atomic E-state index is 13.4. The maximum absolute atomic E-state index is 13.4. The number of carbonyl (C=O) groups excluding carboxylic acids is 1. The Kier molecular flexibility index (Phi) is 7.31. The fourth-order valence-corrected chi connectivity index (χ4v) is 4.54. The van der Waals surface area contributed by atoms with Crippen molar-refractivity contribution in [3.8, 4) is 0 Å². The van der Waals surface area contributed by atoms with Crippen LogP contribution in [0.5, 0.6) is 0 Å². The summed E-state index contributed by atoms with van der Waals surface area (Å²) in [6.45, 7) is 2.25. The van der Waals surface area contributed by atoms with Crippen LogP contribution in [0.4, 0.5) is 45.2 Å². The molecule has 3 rings (SSSR count). The highest BCUT2D eigenvalue weighted by molar-refractivity contribution is 5.75. The zero-order valence-electron chi connectivity index (χ0n) is 19.4. The molecule has 2 atom stereocenters. The van der Waals surface area contributed by atoms with Crippen LogP contribution in [0.1, 0.15) is 60.5 Å². The predicted octanol–water partition coefficient (Wildman–Crippen LogP) is 7.45. The fraction of sp³-hybridized carbons (Fsp3) is 0.458. The second-order valence-electron chi connectivity index (χ2n) is 8.76. The van der Waals surface area contributed by atoms with Crippen molar-refractivity contribution in [2.45, 2.75) is 63.8 Å². The molecular weight excluding hydrogens is 503 g/mol. The van der Waals surface area contributed by atoms with Crippen LogP contribution >= 0.6 is 0 Å². The number of halogens is 9. The molecule has 0 fully saturated rings. The molecule has 198 valence electrons. The molecule has 0 N–H and O–H groups in total. The molecule has 1 aliphatic heterocycles. The van der Waals surface area contributed by atoms with Crippen LogP contribution in [0.25, 0.3) is 0 Å². The van der Waals surface area contributed by atoms with Crippen LogP contribution in [0.2, 0.25) is 0 Å². The minimum atomic E-state index is -5.08. The summed E-state index contributed by atoms with van der Waals surface area (Å²) in [5, 5.41) is 0.